The molecule has 2 aromatic carbocycles. The van der Waals surface area contributed by atoms with E-state index in [4.69, 9.17) is 0 Å². The number of halogens is 6. The SMILES string of the molecule is CCCC(C)CCCc1cc(F)c(-c2ccc(OC(F)(F)F)c(F)c2)c(F)c1. The molecule has 0 aliphatic rings. The van der Waals surface area contributed by atoms with E-state index < -0.39 is 35.1 Å². The first kappa shape index (κ1) is 22.1. The zero-order valence-electron chi connectivity index (χ0n) is 15.7. The lowest BCUT2D eigenvalue weighted by Crippen LogP contribution is -2.17. The molecular weight excluding hydrogens is 382 g/mol. The predicted octanol–water partition coefficient (Wildman–Crippen LogP) is 7.43. The summed E-state index contributed by atoms with van der Waals surface area (Å²) in [4.78, 5) is 0. The molecule has 2 rings (SSSR count). The maximum Gasteiger partial charge on any atom is 0.573 e. The van der Waals surface area contributed by atoms with Crippen LogP contribution in [0.1, 0.15) is 45.1 Å². The fourth-order valence-corrected chi connectivity index (χ4v) is 3.20. The molecule has 154 valence electrons. The summed E-state index contributed by atoms with van der Waals surface area (Å²) in [6, 6.07) is 4.66. The molecule has 1 unspecified atom stereocenters. The van der Waals surface area contributed by atoms with Gasteiger partial charge in [0.2, 0.25) is 0 Å². The summed E-state index contributed by atoms with van der Waals surface area (Å²) in [5.74, 6) is -3.65. The number of aryl methyl sites for hydroxylation is 1. The summed E-state index contributed by atoms with van der Waals surface area (Å²) in [6.45, 7) is 4.24. The third-order valence-electron chi connectivity index (χ3n) is 4.49. The molecular formula is C21H22F6O. The molecule has 0 saturated heterocycles. The van der Waals surface area contributed by atoms with Crippen LogP contribution in [-0.2, 0) is 6.42 Å². The molecule has 0 heterocycles. The van der Waals surface area contributed by atoms with Gasteiger partial charge in [-0.1, -0.05) is 39.2 Å². The predicted molar refractivity (Wildman–Crippen MR) is 95.4 cm³/mol. The van der Waals surface area contributed by atoms with E-state index in [2.05, 4.69) is 18.6 Å². The highest BCUT2D eigenvalue weighted by molar-refractivity contribution is 5.66. The second-order valence-corrected chi connectivity index (χ2v) is 6.91. The lowest BCUT2D eigenvalue weighted by atomic mass is 9.96. The van der Waals surface area contributed by atoms with Crippen LogP contribution in [-0.4, -0.2) is 6.36 Å². The van der Waals surface area contributed by atoms with Gasteiger partial charge in [-0.05, 0) is 54.2 Å². The summed E-state index contributed by atoms with van der Waals surface area (Å²) >= 11 is 0. The Morgan fingerprint density at radius 2 is 1.57 bits per heavy atom. The van der Waals surface area contributed by atoms with Gasteiger partial charge >= 0.3 is 6.36 Å². The molecule has 0 fully saturated rings. The van der Waals surface area contributed by atoms with Gasteiger partial charge in [0.25, 0.3) is 0 Å². The van der Waals surface area contributed by atoms with Crippen molar-refractivity contribution >= 4 is 0 Å². The Hall–Kier alpha value is -2.18. The molecule has 0 aliphatic carbocycles. The van der Waals surface area contributed by atoms with Crippen LogP contribution in [0.5, 0.6) is 5.75 Å². The molecule has 0 N–H and O–H groups in total. The van der Waals surface area contributed by atoms with Crippen molar-refractivity contribution in [2.75, 3.05) is 0 Å². The molecule has 2 aromatic rings. The van der Waals surface area contributed by atoms with Gasteiger partial charge in [0.15, 0.2) is 11.6 Å². The van der Waals surface area contributed by atoms with E-state index in [-0.39, 0.29) is 5.56 Å². The topological polar surface area (TPSA) is 9.23 Å². The Morgan fingerprint density at radius 1 is 0.929 bits per heavy atom. The van der Waals surface area contributed by atoms with Crippen LogP contribution in [0, 0.1) is 23.4 Å². The van der Waals surface area contributed by atoms with Crippen molar-refractivity contribution in [3.05, 3.63) is 53.3 Å². The third-order valence-corrected chi connectivity index (χ3v) is 4.49. The van der Waals surface area contributed by atoms with Gasteiger partial charge in [-0.15, -0.1) is 13.2 Å². The van der Waals surface area contributed by atoms with Crippen molar-refractivity contribution in [3.8, 4) is 16.9 Å². The molecule has 1 nitrogen and oxygen atoms in total. The van der Waals surface area contributed by atoms with Gasteiger partial charge in [0, 0.05) is 0 Å². The van der Waals surface area contributed by atoms with Gasteiger partial charge < -0.3 is 4.74 Å². The van der Waals surface area contributed by atoms with Gasteiger partial charge in [0.1, 0.15) is 11.6 Å². The van der Waals surface area contributed by atoms with Crippen molar-refractivity contribution < 1.29 is 31.1 Å². The summed E-state index contributed by atoms with van der Waals surface area (Å²) in [5, 5.41) is 0. The first-order valence-corrected chi connectivity index (χ1v) is 9.14. The second kappa shape index (κ2) is 9.34. The van der Waals surface area contributed by atoms with Crippen molar-refractivity contribution in [1.82, 2.24) is 0 Å². The maximum absolute atomic E-state index is 14.4. The fraction of sp³-hybridized carbons (Fsp3) is 0.429. The van der Waals surface area contributed by atoms with Crippen molar-refractivity contribution in [2.45, 2.75) is 52.3 Å². The molecule has 0 aromatic heterocycles. The van der Waals surface area contributed by atoms with Gasteiger partial charge in [-0.2, -0.15) is 0 Å². The Balaban J connectivity index is 2.17. The third kappa shape index (κ3) is 6.17. The summed E-state index contributed by atoms with van der Waals surface area (Å²) in [5.41, 5.74) is -0.203. The van der Waals surface area contributed by atoms with Crippen molar-refractivity contribution in [2.24, 2.45) is 5.92 Å². The average Bonchev–Trinajstić information content (AvgIpc) is 2.56. The van der Waals surface area contributed by atoms with Gasteiger partial charge in [-0.25, -0.2) is 13.2 Å². The Morgan fingerprint density at radius 3 is 2.11 bits per heavy atom. The van der Waals surface area contributed by atoms with E-state index in [1.807, 2.05) is 0 Å². The summed E-state index contributed by atoms with van der Waals surface area (Å²) in [6.07, 6.45) is -0.629. The molecule has 28 heavy (non-hydrogen) atoms. The van der Waals surface area contributed by atoms with Crippen LogP contribution in [0.4, 0.5) is 26.3 Å². The Kier molecular flexibility index (Phi) is 7.38. The summed E-state index contributed by atoms with van der Waals surface area (Å²) in [7, 11) is 0. The zero-order valence-corrected chi connectivity index (χ0v) is 15.7. The van der Waals surface area contributed by atoms with E-state index in [0.29, 0.717) is 30.0 Å². The standard InChI is InChI=1S/C21H22F6O/c1-3-5-13(2)6-4-7-14-10-17(23)20(18(24)11-14)15-8-9-19(16(22)12-15)28-21(25,26)27/h8-13H,3-7H2,1-2H3. The number of alkyl halides is 3. The molecule has 0 aliphatic heterocycles. The van der Waals surface area contributed by atoms with E-state index in [0.717, 1.165) is 31.7 Å². The number of hydrogen-bond acceptors (Lipinski definition) is 1. The fourth-order valence-electron chi connectivity index (χ4n) is 3.20. The minimum atomic E-state index is -5.06. The van der Waals surface area contributed by atoms with Gasteiger partial charge in [0.05, 0.1) is 5.56 Å². The molecule has 0 radical (unpaired) electrons. The molecule has 7 heteroatoms. The van der Waals surface area contributed by atoms with Crippen LogP contribution in [0.3, 0.4) is 0 Å². The molecule has 1 atom stereocenters. The van der Waals surface area contributed by atoms with Crippen molar-refractivity contribution in [1.29, 1.82) is 0 Å². The highest BCUT2D eigenvalue weighted by atomic mass is 19.4. The number of ether oxygens (including phenoxy) is 1. The van der Waals surface area contributed by atoms with Gasteiger partial charge in [-0.3, -0.25) is 0 Å². The second-order valence-electron chi connectivity index (χ2n) is 6.91. The highest BCUT2D eigenvalue weighted by Gasteiger charge is 2.32. The number of benzene rings is 2. The number of hydrogen-bond donors (Lipinski definition) is 0. The smallest absolute Gasteiger partial charge is 0.403 e. The Labute approximate surface area is 160 Å². The van der Waals surface area contributed by atoms with Crippen LogP contribution >= 0.6 is 0 Å². The lowest BCUT2D eigenvalue weighted by molar-refractivity contribution is -0.275. The number of rotatable bonds is 8. The van der Waals surface area contributed by atoms with Crippen LogP contribution in [0.25, 0.3) is 11.1 Å². The largest absolute Gasteiger partial charge is 0.573 e. The minimum Gasteiger partial charge on any atom is -0.403 e. The molecule has 0 amide bonds. The van der Waals surface area contributed by atoms with E-state index in [9.17, 15) is 26.3 Å². The van der Waals surface area contributed by atoms with E-state index in [1.165, 1.54) is 12.1 Å². The first-order chi connectivity index (χ1) is 13.1. The lowest BCUT2D eigenvalue weighted by Gasteiger charge is -2.13. The zero-order chi connectivity index (χ0) is 20.9. The molecule has 0 saturated carbocycles. The first-order valence-electron chi connectivity index (χ1n) is 9.14. The summed E-state index contributed by atoms with van der Waals surface area (Å²) < 4.78 is 82.8. The maximum atomic E-state index is 14.4. The Bertz CT molecular complexity index is 777. The quantitative estimate of drug-likeness (QED) is 0.416. The molecule has 0 spiro atoms. The minimum absolute atomic E-state index is 0.204. The monoisotopic (exact) mass is 404 g/mol. The van der Waals surface area contributed by atoms with E-state index >= 15 is 0 Å². The average molecular weight is 404 g/mol. The van der Waals surface area contributed by atoms with Crippen LogP contribution < -0.4 is 4.74 Å². The normalized spacial score (nSPS) is 12.9. The van der Waals surface area contributed by atoms with Crippen LogP contribution in [0.2, 0.25) is 0 Å². The highest BCUT2D eigenvalue weighted by Crippen LogP contribution is 2.33. The van der Waals surface area contributed by atoms with Crippen molar-refractivity contribution in [3.63, 3.8) is 0 Å². The van der Waals surface area contributed by atoms with Crippen LogP contribution in [0.15, 0.2) is 30.3 Å². The van der Waals surface area contributed by atoms with E-state index in [1.54, 1.807) is 0 Å². The molecule has 0 bridgehead atoms.